The summed E-state index contributed by atoms with van der Waals surface area (Å²) >= 11 is 0. The van der Waals surface area contributed by atoms with Crippen molar-refractivity contribution in [2.75, 3.05) is 19.8 Å². The zero-order valence-electron chi connectivity index (χ0n) is 9.25. The zero-order chi connectivity index (χ0) is 9.68. The molecule has 1 aliphatic rings. The predicted molar refractivity (Wildman–Crippen MR) is 56.0 cm³/mol. The molecular formula is C11H23NO. The highest BCUT2D eigenvalue weighted by molar-refractivity contribution is 4.81. The van der Waals surface area contributed by atoms with Gasteiger partial charge in [-0.3, -0.25) is 4.90 Å². The Labute approximate surface area is 82.3 Å². The van der Waals surface area contributed by atoms with Crippen LogP contribution in [0.15, 0.2) is 0 Å². The summed E-state index contributed by atoms with van der Waals surface area (Å²) in [6.07, 6.45) is 3.92. The molecule has 1 aliphatic heterocycles. The van der Waals surface area contributed by atoms with Gasteiger partial charge in [0.15, 0.2) is 0 Å². The van der Waals surface area contributed by atoms with Gasteiger partial charge in [-0.15, -0.1) is 0 Å². The molecule has 1 rings (SSSR count). The van der Waals surface area contributed by atoms with E-state index in [2.05, 4.69) is 25.7 Å². The SMILES string of the molecule is CCOCCCN1[C@H](C)CC[C@@H]1C. The Morgan fingerprint density at radius 2 is 1.85 bits per heavy atom. The average molecular weight is 185 g/mol. The molecule has 0 saturated carbocycles. The third-order valence-electron chi connectivity index (χ3n) is 3.04. The highest BCUT2D eigenvalue weighted by Crippen LogP contribution is 2.23. The monoisotopic (exact) mass is 185 g/mol. The summed E-state index contributed by atoms with van der Waals surface area (Å²) < 4.78 is 5.34. The molecule has 78 valence electrons. The fourth-order valence-corrected chi connectivity index (χ4v) is 2.18. The van der Waals surface area contributed by atoms with Crippen LogP contribution in [0.3, 0.4) is 0 Å². The van der Waals surface area contributed by atoms with Gasteiger partial charge in [0.25, 0.3) is 0 Å². The second-order valence-electron chi connectivity index (χ2n) is 4.06. The quantitative estimate of drug-likeness (QED) is 0.609. The molecular weight excluding hydrogens is 162 g/mol. The summed E-state index contributed by atoms with van der Waals surface area (Å²) in [5.41, 5.74) is 0. The fraction of sp³-hybridized carbons (Fsp3) is 1.00. The van der Waals surface area contributed by atoms with E-state index in [0.717, 1.165) is 25.3 Å². The molecule has 0 aromatic heterocycles. The van der Waals surface area contributed by atoms with E-state index in [0.29, 0.717) is 0 Å². The van der Waals surface area contributed by atoms with E-state index >= 15 is 0 Å². The first kappa shape index (κ1) is 11.0. The molecule has 0 bridgehead atoms. The van der Waals surface area contributed by atoms with Crippen molar-refractivity contribution in [3.05, 3.63) is 0 Å². The number of nitrogens with zero attached hydrogens (tertiary/aromatic N) is 1. The van der Waals surface area contributed by atoms with Crippen molar-refractivity contribution in [2.24, 2.45) is 0 Å². The van der Waals surface area contributed by atoms with Crippen LogP contribution in [0.5, 0.6) is 0 Å². The smallest absolute Gasteiger partial charge is 0.0478 e. The Morgan fingerprint density at radius 3 is 2.38 bits per heavy atom. The van der Waals surface area contributed by atoms with Gasteiger partial charge >= 0.3 is 0 Å². The van der Waals surface area contributed by atoms with Gasteiger partial charge in [-0.1, -0.05) is 0 Å². The Kier molecular flexibility index (Phi) is 4.74. The van der Waals surface area contributed by atoms with Gasteiger partial charge < -0.3 is 4.74 Å². The van der Waals surface area contributed by atoms with Crippen LogP contribution >= 0.6 is 0 Å². The van der Waals surface area contributed by atoms with E-state index in [1.807, 2.05) is 0 Å². The second-order valence-corrected chi connectivity index (χ2v) is 4.06. The Balaban J connectivity index is 2.12. The molecule has 1 saturated heterocycles. The van der Waals surface area contributed by atoms with Crippen molar-refractivity contribution in [2.45, 2.75) is 52.1 Å². The first-order chi connectivity index (χ1) is 6.25. The van der Waals surface area contributed by atoms with Crippen molar-refractivity contribution in [1.82, 2.24) is 4.90 Å². The third kappa shape index (κ3) is 3.28. The second kappa shape index (κ2) is 5.61. The van der Waals surface area contributed by atoms with Crippen molar-refractivity contribution >= 4 is 0 Å². The van der Waals surface area contributed by atoms with E-state index in [4.69, 9.17) is 4.74 Å². The topological polar surface area (TPSA) is 12.5 Å². The first-order valence-electron chi connectivity index (χ1n) is 5.59. The van der Waals surface area contributed by atoms with Gasteiger partial charge in [0, 0.05) is 31.8 Å². The lowest BCUT2D eigenvalue weighted by Gasteiger charge is -2.25. The lowest BCUT2D eigenvalue weighted by atomic mass is 10.2. The van der Waals surface area contributed by atoms with E-state index in [-0.39, 0.29) is 0 Å². The Morgan fingerprint density at radius 1 is 1.23 bits per heavy atom. The molecule has 2 nitrogen and oxygen atoms in total. The van der Waals surface area contributed by atoms with Crippen molar-refractivity contribution < 1.29 is 4.74 Å². The van der Waals surface area contributed by atoms with Crippen LogP contribution in [-0.2, 0) is 4.74 Å². The maximum Gasteiger partial charge on any atom is 0.0478 e. The number of hydrogen-bond donors (Lipinski definition) is 0. The van der Waals surface area contributed by atoms with Crippen LogP contribution in [0.2, 0.25) is 0 Å². The van der Waals surface area contributed by atoms with Crippen LogP contribution in [0.4, 0.5) is 0 Å². The minimum Gasteiger partial charge on any atom is -0.382 e. The molecule has 1 fully saturated rings. The highest BCUT2D eigenvalue weighted by atomic mass is 16.5. The minimum atomic E-state index is 0.789. The number of rotatable bonds is 5. The molecule has 0 aliphatic carbocycles. The van der Waals surface area contributed by atoms with Gasteiger partial charge in [0.1, 0.15) is 0 Å². The van der Waals surface area contributed by atoms with Gasteiger partial charge in [-0.25, -0.2) is 0 Å². The fourth-order valence-electron chi connectivity index (χ4n) is 2.18. The van der Waals surface area contributed by atoms with E-state index in [9.17, 15) is 0 Å². The molecule has 2 atom stereocenters. The minimum absolute atomic E-state index is 0.789. The van der Waals surface area contributed by atoms with Crippen LogP contribution < -0.4 is 0 Å². The maximum atomic E-state index is 5.34. The van der Waals surface area contributed by atoms with E-state index in [1.54, 1.807) is 0 Å². The highest BCUT2D eigenvalue weighted by Gasteiger charge is 2.26. The first-order valence-corrected chi connectivity index (χ1v) is 5.59. The summed E-state index contributed by atoms with van der Waals surface area (Å²) in [6, 6.07) is 1.58. The summed E-state index contributed by atoms with van der Waals surface area (Å²) in [5.74, 6) is 0. The lowest BCUT2D eigenvalue weighted by Crippen LogP contribution is -2.34. The average Bonchev–Trinajstić information content (AvgIpc) is 2.42. The Hall–Kier alpha value is -0.0800. The lowest BCUT2D eigenvalue weighted by molar-refractivity contribution is 0.123. The van der Waals surface area contributed by atoms with E-state index in [1.165, 1.54) is 25.8 Å². The third-order valence-corrected chi connectivity index (χ3v) is 3.04. The number of ether oxygens (including phenoxy) is 1. The molecule has 13 heavy (non-hydrogen) atoms. The Bertz CT molecular complexity index is 128. The molecule has 0 aromatic rings. The van der Waals surface area contributed by atoms with Crippen LogP contribution in [-0.4, -0.2) is 36.7 Å². The van der Waals surface area contributed by atoms with E-state index < -0.39 is 0 Å². The molecule has 0 amide bonds. The number of hydrogen-bond acceptors (Lipinski definition) is 2. The molecule has 1 heterocycles. The van der Waals surface area contributed by atoms with Crippen molar-refractivity contribution in [1.29, 1.82) is 0 Å². The molecule has 0 N–H and O–H groups in total. The van der Waals surface area contributed by atoms with Crippen LogP contribution in [0.1, 0.15) is 40.0 Å². The molecule has 2 heteroatoms. The summed E-state index contributed by atoms with van der Waals surface area (Å²) in [4.78, 5) is 2.61. The molecule has 0 unspecified atom stereocenters. The maximum absolute atomic E-state index is 5.34. The molecule has 0 spiro atoms. The zero-order valence-corrected chi connectivity index (χ0v) is 9.25. The molecule has 0 aromatic carbocycles. The van der Waals surface area contributed by atoms with Crippen LogP contribution in [0.25, 0.3) is 0 Å². The number of likely N-dealkylation sites (tertiary alicyclic amines) is 1. The van der Waals surface area contributed by atoms with Crippen molar-refractivity contribution in [3.63, 3.8) is 0 Å². The van der Waals surface area contributed by atoms with Crippen molar-refractivity contribution in [3.8, 4) is 0 Å². The van der Waals surface area contributed by atoms with Gasteiger partial charge in [0.2, 0.25) is 0 Å². The predicted octanol–water partition coefficient (Wildman–Crippen LogP) is 2.29. The normalized spacial score (nSPS) is 29.8. The van der Waals surface area contributed by atoms with Gasteiger partial charge in [-0.05, 0) is 40.0 Å². The summed E-state index contributed by atoms with van der Waals surface area (Å²) in [7, 11) is 0. The summed E-state index contributed by atoms with van der Waals surface area (Å²) in [6.45, 7) is 9.72. The van der Waals surface area contributed by atoms with Gasteiger partial charge in [0.05, 0.1) is 0 Å². The largest absolute Gasteiger partial charge is 0.382 e. The summed E-state index contributed by atoms with van der Waals surface area (Å²) in [5, 5.41) is 0. The van der Waals surface area contributed by atoms with Crippen LogP contribution in [0, 0.1) is 0 Å². The standard InChI is InChI=1S/C11H23NO/c1-4-13-9-5-8-12-10(2)6-7-11(12)3/h10-11H,4-9H2,1-3H3/t10-,11+. The molecule has 0 radical (unpaired) electrons. The van der Waals surface area contributed by atoms with Gasteiger partial charge in [-0.2, -0.15) is 0 Å².